The van der Waals surface area contributed by atoms with Crippen molar-refractivity contribution >= 4 is 52.3 Å². The quantitative estimate of drug-likeness (QED) is 0.590. The van der Waals surface area contributed by atoms with Crippen LogP contribution in [0.25, 0.3) is 6.08 Å². The Bertz CT molecular complexity index is 786. The maximum absolute atomic E-state index is 11.5. The molecule has 0 atom stereocenters. The minimum Gasteiger partial charge on any atom is -0.282 e. The van der Waals surface area contributed by atoms with Crippen molar-refractivity contribution in [2.75, 3.05) is 5.75 Å². The molecule has 1 heterocycles. The second kappa shape index (κ2) is 7.92. The highest BCUT2D eigenvalue weighted by molar-refractivity contribution is 8.18. The van der Waals surface area contributed by atoms with Gasteiger partial charge >= 0.3 is 0 Å². The smallest absolute Gasteiger partial charge is 0.282 e. The van der Waals surface area contributed by atoms with Gasteiger partial charge in [-0.1, -0.05) is 35.9 Å². The fraction of sp³-hybridized carbons (Fsp3) is 0.111. The highest BCUT2D eigenvalue weighted by Gasteiger charge is 2.24. The largest absolute Gasteiger partial charge is 0.290 e. The molecule has 1 N–H and O–H groups in total. The number of thioether (sulfide) groups is 2. The second-order valence-corrected chi connectivity index (χ2v) is 7.77. The van der Waals surface area contributed by atoms with Crippen molar-refractivity contribution in [2.45, 2.75) is 11.3 Å². The molecule has 3 rings (SSSR count). The average molecular weight is 376 g/mol. The normalized spacial score (nSPS) is 15.8. The third-order valence-electron chi connectivity index (χ3n) is 3.39. The van der Waals surface area contributed by atoms with E-state index in [1.165, 1.54) is 10.5 Å². The first-order valence-electron chi connectivity index (χ1n) is 7.32. The van der Waals surface area contributed by atoms with Crippen molar-refractivity contribution in [3.8, 4) is 0 Å². The van der Waals surface area contributed by atoms with Gasteiger partial charge in [-0.05, 0) is 59.7 Å². The van der Waals surface area contributed by atoms with Gasteiger partial charge in [-0.2, -0.15) is 0 Å². The third kappa shape index (κ3) is 4.66. The zero-order valence-corrected chi connectivity index (χ0v) is 15.0. The van der Waals surface area contributed by atoms with Crippen molar-refractivity contribution in [1.29, 1.82) is 0 Å². The third-order valence-corrected chi connectivity index (χ3v) is 5.47. The van der Waals surface area contributed by atoms with Gasteiger partial charge in [-0.25, -0.2) is 0 Å². The molecule has 2 amide bonds. The molecule has 1 fully saturated rings. The van der Waals surface area contributed by atoms with Crippen molar-refractivity contribution in [2.24, 2.45) is 0 Å². The summed E-state index contributed by atoms with van der Waals surface area (Å²) in [6.07, 6.45) is 2.71. The number of carbonyl (C=O) groups excluding carboxylic acids is 2. The molecule has 2 aromatic rings. The molecule has 24 heavy (non-hydrogen) atoms. The number of nitrogens with one attached hydrogen (secondary N) is 1. The number of hydrogen-bond donors (Lipinski definition) is 1. The predicted octanol–water partition coefficient (Wildman–Crippen LogP) is 5.00. The fourth-order valence-electron chi connectivity index (χ4n) is 2.17. The van der Waals surface area contributed by atoms with E-state index in [1.807, 2.05) is 48.5 Å². The van der Waals surface area contributed by atoms with Crippen LogP contribution >= 0.6 is 35.1 Å². The van der Waals surface area contributed by atoms with E-state index in [2.05, 4.69) is 5.32 Å². The Morgan fingerprint density at radius 1 is 1.04 bits per heavy atom. The Hall–Kier alpha value is -1.69. The molecule has 1 aliphatic rings. The first-order chi connectivity index (χ1) is 11.6. The van der Waals surface area contributed by atoms with Crippen molar-refractivity contribution in [3.05, 3.63) is 69.6 Å². The molecule has 122 valence electrons. The summed E-state index contributed by atoms with van der Waals surface area (Å²) in [6, 6.07) is 15.9. The summed E-state index contributed by atoms with van der Waals surface area (Å²) in [5, 5.41) is 2.69. The summed E-state index contributed by atoms with van der Waals surface area (Å²) < 4.78 is 0. The lowest BCUT2D eigenvalue weighted by atomic mass is 10.2. The number of halogens is 1. The summed E-state index contributed by atoms with van der Waals surface area (Å²) >= 11 is 8.59. The first-order valence-corrected chi connectivity index (χ1v) is 9.50. The van der Waals surface area contributed by atoms with Gasteiger partial charge < -0.3 is 0 Å². The van der Waals surface area contributed by atoms with Crippen molar-refractivity contribution in [3.63, 3.8) is 0 Å². The molecule has 0 saturated carbocycles. The minimum absolute atomic E-state index is 0.319. The lowest BCUT2D eigenvalue weighted by Crippen LogP contribution is -2.17. The van der Waals surface area contributed by atoms with E-state index in [1.54, 1.807) is 17.8 Å². The Labute approximate surface area is 153 Å². The Morgan fingerprint density at radius 2 is 1.75 bits per heavy atom. The first kappa shape index (κ1) is 17.1. The van der Waals surface area contributed by atoms with Gasteiger partial charge in [0.1, 0.15) is 0 Å². The van der Waals surface area contributed by atoms with Crippen LogP contribution in [0.1, 0.15) is 11.1 Å². The van der Waals surface area contributed by atoms with Gasteiger partial charge in [0.2, 0.25) is 0 Å². The zero-order valence-electron chi connectivity index (χ0n) is 12.6. The molecule has 3 nitrogen and oxygen atoms in total. The monoisotopic (exact) mass is 375 g/mol. The average Bonchev–Trinajstić information content (AvgIpc) is 2.88. The summed E-state index contributed by atoms with van der Waals surface area (Å²) in [4.78, 5) is 24.3. The number of rotatable bonds is 5. The Morgan fingerprint density at radius 3 is 2.38 bits per heavy atom. The van der Waals surface area contributed by atoms with E-state index in [4.69, 9.17) is 11.6 Å². The molecule has 2 aromatic carbocycles. The molecular weight excluding hydrogens is 362 g/mol. The lowest BCUT2D eigenvalue weighted by Gasteiger charge is -2.03. The van der Waals surface area contributed by atoms with Crippen molar-refractivity contribution < 1.29 is 9.59 Å². The van der Waals surface area contributed by atoms with E-state index in [-0.39, 0.29) is 11.1 Å². The highest BCUT2D eigenvalue weighted by Crippen LogP contribution is 2.26. The Balaban J connectivity index is 1.55. The van der Waals surface area contributed by atoms with Crippen molar-refractivity contribution in [1.82, 2.24) is 5.32 Å². The van der Waals surface area contributed by atoms with E-state index in [9.17, 15) is 9.59 Å². The van der Waals surface area contributed by atoms with Crippen LogP contribution in [0.3, 0.4) is 0 Å². The summed E-state index contributed by atoms with van der Waals surface area (Å²) in [7, 11) is 0. The number of hydrogen-bond acceptors (Lipinski definition) is 4. The van der Waals surface area contributed by atoms with Crippen LogP contribution < -0.4 is 5.32 Å². The lowest BCUT2D eigenvalue weighted by molar-refractivity contribution is -0.115. The molecule has 0 radical (unpaired) electrons. The number of benzene rings is 2. The molecule has 0 bridgehead atoms. The van der Waals surface area contributed by atoms with Gasteiger partial charge in [0.25, 0.3) is 11.1 Å². The molecule has 6 heteroatoms. The minimum atomic E-state index is -0.327. The zero-order chi connectivity index (χ0) is 16.9. The Kier molecular flexibility index (Phi) is 5.66. The number of imide groups is 1. The van der Waals surface area contributed by atoms with E-state index in [0.717, 1.165) is 34.5 Å². The number of carbonyl (C=O) groups is 2. The van der Waals surface area contributed by atoms with E-state index >= 15 is 0 Å². The van der Waals surface area contributed by atoms with Gasteiger partial charge in [-0.15, -0.1) is 11.8 Å². The fourth-order valence-corrected chi connectivity index (χ4v) is 3.88. The van der Waals surface area contributed by atoms with Gasteiger partial charge in [0.15, 0.2) is 0 Å². The molecule has 1 aliphatic heterocycles. The standard InChI is InChI=1S/C18H14ClNO2S2/c19-14-5-1-12(2-6-14)9-10-23-15-7-3-13(4-8-15)11-16-17(21)20-18(22)24-16/h1-8,11H,9-10H2,(H,20,21,22)/b16-11-. The van der Waals surface area contributed by atoms with Crippen LogP contribution in [0.2, 0.25) is 5.02 Å². The van der Waals surface area contributed by atoms with E-state index < -0.39 is 0 Å². The van der Waals surface area contributed by atoms with E-state index in [0.29, 0.717) is 4.91 Å². The molecular formula is C18H14ClNO2S2. The van der Waals surface area contributed by atoms with Gasteiger partial charge in [0, 0.05) is 15.7 Å². The molecule has 0 unspecified atom stereocenters. The SMILES string of the molecule is O=C1NC(=O)/C(=C/c2ccc(SCCc3ccc(Cl)cc3)cc2)S1. The van der Waals surface area contributed by atoms with Crippen LogP contribution in [0.5, 0.6) is 0 Å². The van der Waals surface area contributed by atoms with Crippen LogP contribution in [0.4, 0.5) is 4.79 Å². The molecule has 0 aliphatic carbocycles. The molecule has 0 aromatic heterocycles. The summed E-state index contributed by atoms with van der Waals surface area (Å²) in [5.74, 6) is 0.654. The van der Waals surface area contributed by atoms with Crippen LogP contribution in [0, 0.1) is 0 Å². The van der Waals surface area contributed by atoms with Crippen LogP contribution in [0.15, 0.2) is 58.3 Å². The maximum atomic E-state index is 11.5. The predicted molar refractivity (Wildman–Crippen MR) is 101 cm³/mol. The van der Waals surface area contributed by atoms with Gasteiger partial charge in [-0.3, -0.25) is 14.9 Å². The topological polar surface area (TPSA) is 46.2 Å². The summed E-state index contributed by atoms with van der Waals surface area (Å²) in [5.41, 5.74) is 2.17. The summed E-state index contributed by atoms with van der Waals surface area (Å²) in [6.45, 7) is 0. The maximum Gasteiger partial charge on any atom is 0.290 e. The molecule has 0 spiro atoms. The number of amides is 2. The number of aryl methyl sites for hydroxylation is 1. The van der Waals surface area contributed by atoms with Crippen LogP contribution in [-0.4, -0.2) is 16.9 Å². The highest BCUT2D eigenvalue weighted by atomic mass is 35.5. The molecule has 1 saturated heterocycles. The second-order valence-electron chi connectivity index (χ2n) is 5.15. The van der Waals surface area contributed by atoms with Gasteiger partial charge in [0.05, 0.1) is 4.91 Å². The van der Waals surface area contributed by atoms with Crippen LogP contribution in [-0.2, 0) is 11.2 Å².